The van der Waals surface area contributed by atoms with E-state index in [0.717, 1.165) is 11.1 Å². The van der Waals surface area contributed by atoms with Crippen LogP contribution < -0.4 is 5.73 Å². The summed E-state index contributed by atoms with van der Waals surface area (Å²) in [4.78, 5) is 10.8. The number of carboxylic acid groups (broad SMARTS) is 1. The van der Waals surface area contributed by atoms with Crippen LogP contribution >= 0.6 is 0 Å². The first-order valence-corrected chi connectivity index (χ1v) is 4.30. The summed E-state index contributed by atoms with van der Waals surface area (Å²) in [7, 11) is 0. The molecule has 5 heteroatoms. The van der Waals surface area contributed by atoms with Crippen molar-refractivity contribution in [1.29, 1.82) is 0 Å². The van der Waals surface area contributed by atoms with Crippen molar-refractivity contribution in [3.8, 4) is 11.1 Å². The quantitative estimate of drug-likeness (QED) is 0.642. The van der Waals surface area contributed by atoms with Gasteiger partial charge in [0.1, 0.15) is 0 Å². The van der Waals surface area contributed by atoms with E-state index in [1.807, 2.05) is 0 Å². The number of aromatic nitrogens is 2. The number of hydrogen-bond donors (Lipinski definition) is 3. The maximum atomic E-state index is 10.8. The molecular weight excluding hydrogens is 194 g/mol. The molecule has 1 aromatic carbocycles. The van der Waals surface area contributed by atoms with E-state index in [2.05, 4.69) is 10.2 Å². The third-order valence-electron chi connectivity index (χ3n) is 2.12. The summed E-state index contributed by atoms with van der Waals surface area (Å²) in [6.45, 7) is 0. The Morgan fingerprint density at radius 2 is 2.20 bits per heavy atom. The number of nitrogen functional groups attached to an aromatic ring is 1. The molecule has 1 aromatic heterocycles. The monoisotopic (exact) mass is 203 g/mol. The van der Waals surface area contributed by atoms with Crippen LogP contribution in [0, 0.1) is 0 Å². The largest absolute Gasteiger partial charge is 0.478 e. The second-order valence-electron chi connectivity index (χ2n) is 3.09. The lowest BCUT2D eigenvalue weighted by Gasteiger charge is -2.03. The van der Waals surface area contributed by atoms with Crippen LogP contribution in [0.4, 0.5) is 5.69 Å². The lowest BCUT2D eigenvalue weighted by Crippen LogP contribution is -2.02. The number of nitrogens with two attached hydrogens (primary N) is 1. The van der Waals surface area contributed by atoms with Crippen molar-refractivity contribution < 1.29 is 9.90 Å². The number of H-pyrrole nitrogens is 1. The molecule has 2 aromatic rings. The zero-order valence-corrected chi connectivity index (χ0v) is 7.77. The van der Waals surface area contributed by atoms with Gasteiger partial charge in [0.2, 0.25) is 0 Å². The Kier molecular flexibility index (Phi) is 2.13. The van der Waals surface area contributed by atoms with E-state index in [9.17, 15) is 4.79 Å². The van der Waals surface area contributed by atoms with Crippen molar-refractivity contribution in [2.45, 2.75) is 0 Å². The van der Waals surface area contributed by atoms with Crippen molar-refractivity contribution in [2.75, 3.05) is 5.73 Å². The third-order valence-corrected chi connectivity index (χ3v) is 2.12. The minimum atomic E-state index is -1.03. The Balaban J connectivity index is 2.52. The molecule has 1 heterocycles. The number of aromatic carboxylic acids is 1. The topological polar surface area (TPSA) is 92.0 Å². The second-order valence-corrected chi connectivity index (χ2v) is 3.09. The summed E-state index contributed by atoms with van der Waals surface area (Å²) in [5.41, 5.74) is 7.51. The zero-order valence-electron chi connectivity index (χ0n) is 7.77. The molecule has 15 heavy (non-hydrogen) atoms. The number of benzene rings is 1. The summed E-state index contributed by atoms with van der Waals surface area (Å²) in [5, 5.41) is 15.3. The van der Waals surface area contributed by atoms with Gasteiger partial charge in [-0.05, 0) is 17.7 Å². The number of carboxylic acids is 1. The zero-order chi connectivity index (χ0) is 10.8. The van der Waals surface area contributed by atoms with Gasteiger partial charge in [-0.25, -0.2) is 4.79 Å². The van der Waals surface area contributed by atoms with Crippen LogP contribution in [0.15, 0.2) is 30.6 Å². The molecule has 0 saturated heterocycles. The van der Waals surface area contributed by atoms with E-state index >= 15 is 0 Å². The van der Waals surface area contributed by atoms with E-state index < -0.39 is 5.97 Å². The molecule has 0 spiro atoms. The summed E-state index contributed by atoms with van der Waals surface area (Å²) < 4.78 is 0. The van der Waals surface area contributed by atoms with Gasteiger partial charge < -0.3 is 10.8 Å². The predicted molar refractivity (Wildman–Crippen MR) is 55.4 cm³/mol. The lowest BCUT2D eigenvalue weighted by molar-refractivity contribution is 0.0698. The first kappa shape index (κ1) is 9.26. The van der Waals surface area contributed by atoms with Crippen LogP contribution in [0.1, 0.15) is 10.4 Å². The van der Waals surface area contributed by atoms with Crippen molar-refractivity contribution in [3.63, 3.8) is 0 Å². The fraction of sp³-hybridized carbons (Fsp3) is 0. The predicted octanol–water partition coefficient (Wildman–Crippen LogP) is 1.36. The maximum Gasteiger partial charge on any atom is 0.337 e. The second kappa shape index (κ2) is 3.45. The Hall–Kier alpha value is -2.30. The standard InChI is InChI=1S/C10H9N3O2/c11-9-2-1-6(3-8(9)10(14)15)7-4-12-13-5-7/h1-5H,11H2,(H,12,13)(H,14,15). The van der Waals surface area contributed by atoms with Gasteiger partial charge in [0.15, 0.2) is 0 Å². The SMILES string of the molecule is Nc1ccc(-c2cn[nH]c2)cc1C(=O)O. The highest BCUT2D eigenvalue weighted by molar-refractivity contribution is 5.95. The fourth-order valence-corrected chi connectivity index (χ4v) is 1.33. The van der Waals surface area contributed by atoms with Gasteiger partial charge in [0.25, 0.3) is 0 Å². The molecule has 0 bridgehead atoms. The molecule has 0 aliphatic rings. The number of hydrogen-bond acceptors (Lipinski definition) is 3. The summed E-state index contributed by atoms with van der Waals surface area (Å²) in [6.07, 6.45) is 3.31. The van der Waals surface area contributed by atoms with E-state index in [0.29, 0.717) is 0 Å². The molecule has 0 amide bonds. The molecule has 4 N–H and O–H groups in total. The average molecular weight is 203 g/mol. The normalized spacial score (nSPS) is 10.1. The Bertz CT molecular complexity index is 491. The van der Waals surface area contributed by atoms with Gasteiger partial charge in [0.05, 0.1) is 11.8 Å². The molecule has 0 atom stereocenters. The summed E-state index contributed by atoms with van der Waals surface area (Å²) >= 11 is 0. The summed E-state index contributed by atoms with van der Waals surface area (Å²) in [5.74, 6) is -1.03. The van der Waals surface area contributed by atoms with Crippen LogP contribution in [-0.2, 0) is 0 Å². The van der Waals surface area contributed by atoms with Crippen molar-refractivity contribution in [1.82, 2.24) is 10.2 Å². The minimum absolute atomic E-state index is 0.105. The highest BCUT2D eigenvalue weighted by Gasteiger charge is 2.09. The maximum absolute atomic E-state index is 10.8. The van der Waals surface area contributed by atoms with Gasteiger partial charge in [-0.2, -0.15) is 5.10 Å². The van der Waals surface area contributed by atoms with Gasteiger partial charge in [-0.3, -0.25) is 5.10 Å². The van der Waals surface area contributed by atoms with Crippen LogP contribution in [0.2, 0.25) is 0 Å². The molecule has 76 valence electrons. The number of anilines is 1. The molecule has 0 fully saturated rings. The summed E-state index contributed by atoms with van der Waals surface area (Å²) in [6, 6.07) is 4.86. The number of nitrogens with one attached hydrogen (secondary N) is 1. The van der Waals surface area contributed by atoms with E-state index in [1.165, 1.54) is 6.07 Å². The molecule has 0 aliphatic carbocycles. The van der Waals surface area contributed by atoms with Crippen molar-refractivity contribution in [2.24, 2.45) is 0 Å². The lowest BCUT2D eigenvalue weighted by atomic mass is 10.0. The van der Waals surface area contributed by atoms with Crippen LogP contribution in [-0.4, -0.2) is 21.3 Å². The Labute approximate surface area is 85.5 Å². The third kappa shape index (κ3) is 1.67. The Morgan fingerprint density at radius 1 is 1.40 bits per heavy atom. The van der Waals surface area contributed by atoms with Gasteiger partial charge in [-0.1, -0.05) is 6.07 Å². The van der Waals surface area contributed by atoms with Crippen molar-refractivity contribution >= 4 is 11.7 Å². The first-order chi connectivity index (χ1) is 7.18. The van der Waals surface area contributed by atoms with Gasteiger partial charge in [0, 0.05) is 17.4 Å². The highest BCUT2D eigenvalue weighted by Crippen LogP contribution is 2.22. The first-order valence-electron chi connectivity index (χ1n) is 4.30. The highest BCUT2D eigenvalue weighted by atomic mass is 16.4. The minimum Gasteiger partial charge on any atom is -0.478 e. The number of carbonyl (C=O) groups is 1. The molecule has 0 saturated carbocycles. The Morgan fingerprint density at radius 3 is 2.80 bits per heavy atom. The fourth-order valence-electron chi connectivity index (χ4n) is 1.33. The molecular formula is C10H9N3O2. The molecule has 5 nitrogen and oxygen atoms in total. The van der Waals surface area contributed by atoms with E-state index in [4.69, 9.17) is 10.8 Å². The molecule has 0 unspecified atom stereocenters. The van der Waals surface area contributed by atoms with E-state index in [-0.39, 0.29) is 11.3 Å². The van der Waals surface area contributed by atoms with Gasteiger partial charge >= 0.3 is 5.97 Å². The average Bonchev–Trinajstić information content (AvgIpc) is 2.71. The number of rotatable bonds is 2. The van der Waals surface area contributed by atoms with Crippen LogP contribution in [0.5, 0.6) is 0 Å². The number of aromatic amines is 1. The molecule has 0 aliphatic heterocycles. The van der Waals surface area contributed by atoms with Crippen LogP contribution in [0.25, 0.3) is 11.1 Å². The van der Waals surface area contributed by atoms with Crippen LogP contribution in [0.3, 0.4) is 0 Å². The molecule has 0 radical (unpaired) electrons. The van der Waals surface area contributed by atoms with Gasteiger partial charge in [-0.15, -0.1) is 0 Å². The van der Waals surface area contributed by atoms with Crippen molar-refractivity contribution in [3.05, 3.63) is 36.2 Å². The van der Waals surface area contributed by atoms with E-state index in [1.54, 1.807) is 24.5 Å². The smallest absolute Gasteiger partial charge is 0.337 e. The number of nitrogens with zero attached hydrogens (tertiary/aromatic N) is 1. The molecule has 2 rings (SSSR count).